The molecule has 0 bridgehead atoms. The third-order valence-electron chi connectivity index (χ3n) is 5.58. The van der Waals surface area contributed by atoms with Crippen molar-refractivity contribution in [3.8, 4) is 0 Å². The van der Waals surface area contributed by atoms with E-state index in [4.69, 9.17) is 4.99 Å². The van der Waals surface area contributed by atoms with Crippen LogP contribution in [0.5, 0.6) is 0 Å². The molecule has 1 aliphatic carbocycles. The van der Waals surface area contributed by atoms with Gasteiger partial charge in [-0.2, -0.15) is 0 Å². The van der Waals surface area contributed by atoms with E-state index >= 15 is 0 Å². The summed E-state index contributed by atoms with van der Waals surface area (Å²) < 4.78 is 1.21. The molecule has 5 heteroatoms. The fraction of sp³-hybridized carbons (Fsp3) is 0.650. The molecule has 0 unspecified atom stereocenters. The van der Waals surface area contributed by atoms with E-state index in [1.807, 2.05) is 0 Å². The lowest BCUT2D eigenvalue weighted by molar-refractivity contribution is 0.220. The predicted molar refractivity (Wildman–Crippen MR) is 109 cm³/mol. The molecule has 1 aromatic carbocycles. The van der Waals surface area contributed by atoms with Crippen LogP contribution < -0.4 is 10.6 Å². The quantitative estimate of drug-likeness (QED) is 0.561. The fourth-order valence-corrected chi connectivity index (χ4v) is 4.34. The molecular formula is C20H31BrN4. The van der Waals surface area contributed by atoms with Gasteiger partial charge in [0, 0.05) is 23.0 Å². The highest BCUT2D eigenvalue weighted by molar-refractivity contribution is 9.10. The van der Waals surface area contributed by atoms with Crippen LogP contribution in [-0.4, -0.2) is 50.6 Å². The second-order valence-electron chi connectivity index (χ2n) is 7.58. The highest BCUT2D eigenvalue weighted by Gasteiger charge is 2.45. The molecule has 0 amide bonds. The Morgan fingerprint density at radius 3 is 2.60 bits per heavy atom. The van der Waals surface area contributed by atoms with Crippen LogP contribution in [0.1, 0.15) is 38.2 Å². The summed E-state index contributed by atoms with van der Waals surface area (Å²) in [6, 6.07) is 8.60. The van der Waals surface area contributed by atoms with Crippen molar-refractivity contribution in [2.45, 2.75) is 38.0 Å². The number of hydrogen-bond acceptors (Lipinski definition) is 2. The number of hydrogen-bond donors (Lipinski definition) is 2. The van der Waals surface area contributed by atoms with Crippen LogP contribution in [0, 0.1) is 5.92 Å². The molecule has 2 fully saturated rings. The number of nitrogens with one attached hydrogen (secondary N) is 2. The zero-order chi connectivity index (χ0) is 17.7. The molecule has 3 rings (SSSR count). The molecule has 0 spiro atoms. The molecule has 1 heterocycles. The van der Waals surface area contributed by atoms with Crippen LogP contribution in [0.3, 0.4) is 0 Å². The van der Waals surface area contributed by atoms with Crippen molar-refractivity contribution in [1.82, 2.24) is 15.5 Å². The summed E-state index contributed by atoms with van der Waals surface area (Å²) in [5.41, 5.74) is 1.64. The van der Waals surface area contributed by atoms with E-state index in [0.29, 0.717) is 0 Å². The minimum Gasteiger partial charge on any atom is -0.357 e. The lowest BCUT2D eigenvalue weighted by Crippen LogP contribution is -2.42. The summed E-state index contributed by atoms with van der Waals surface area (Å²) in [5.74, 6) is 1.73. The molecule has 25 heavy (non-hydrogen) atoms. The standard InChI is InChI=1S/C20H31BrN4/c1-3-22-19(23-14-16-8-12-25(2)13-9-16)24-15-20(10-11-20)17-6-4-5-7-18(17)21/h4-7,16H,3,8-15H2,1-2H3,(H2,22,23,24). The number of aliphatic imine (C=N–C) groups is 1. The smallest absolute Gasteiger partial charge is 0.191 e. The third-order valence-corrected chi connectivity index (χ3v) is 6.27. The molecule has 4 nitrogen and oxygen atoms in total. The van der Waals surface area contributed by atoms with Crippen molar-refractivity contribution in [1.29, 1.82) is 0 Å². The van der Waals surface area contributed by atoms with E-state index in [1.165, 1.54) is 48.8 Å². The van der Waals surface area contributed by atoms with Gasteiger partial charge in [0.05, 0.1) is 6.54 Å². The first kappa shape index (κ1) is 18.7. The first-order valence-electron chi connectivity index (χ1n) is 9.59. The van der Waals surface area contributed by atoms with Crippen molar-refractivity contribution in [2.24, 2.45) is 10.9 Å². The molecule has 0 aromatic heterocycles. The maximum absolute atomic E-state index is 4.93. The van der Waals surface area contributed by atoms with Crippen molar-refractivity contribution in [3.05, 3.63) is 34.3 Å². The van der Waals surface area contributed by atoms with E-state index < -0.39 is 0 Å². The van der Waals surface area contributed by atoms with Gasteiger partial charge in [0.2, 0.25) is 0 Å². The summed E-state index contributed by atoms with van der Waals surface area (Å²) in [7, 11) is 2.21. The topological polar surface area (TPSA) is 39.7 Å². The Hall–Kier alpha value is -1.07. The van der Waals surface area contributed by atoms with Crippen molar-refractivity contribution in [3.63, 3.8) is 0 Å². The van der Waals surface area contributed by atoms with Gasteiger partial charge in [-0.1, -0.05) is 34.1 Å². The van der Waals surface area contributed by atoms with E-state index in [9.17, 15) is 0 Å². The van der Waals surface area contributed by atoms with Crippen LogP contribution in [0.15, 0.2) is 33.7 Å². The zero-order valence-electron chi connectivity index (χ0n) is 15.5. The fourth-order valence-electron chi connectivity index (χ4n) is 3.63. The summed E-state index contributed by atoms with van der Waals surface area (Å²) in [6.45, 7) is 7.35. The van der Waals surface area contributed by atoms with Gasteiger partial charge < -0.3 is 15.5 Å². The average molecular weight is 407 g/mol. The number of likely N-dealkylation sites (tertiary alicyclic amines) is 1. The summed E-state index contributed by atoms with van der Waals surface area (Å²) >= 11 is 3.71. The maximum atomic E-state index is 4.93. The van der Waals surface area contributed by atoms with E-state index in [1.54, 1.807) is 0 Å². The Morgan fingerprint density at radius 2 is 1.96 bits per heavy atom. The highest BCUT2D eigenvalue weighted by atomic mass is 79.9. The predicted octanol–water partition coefficient (Wildman–Crippen LogP) is 3.38. The third kappa shape index (κ3) is 4.98. The average Bonchev–Trinajstić information content (AvgIpc) is 3.40. The minimum atomic E-state index is 0.232. The van der Waals surface area contributed by atoms with Gasteiger partial charge in [-0.05, 0) is 70.3 Å². The van der Waals surface area contributed by atoms with E-state index in [-0.39, 0.29) is 5.41 Å². The van der Waals surface area contributed by atoms with Gasteiger partial charge in [-0.25, -0.2) is 0 Å². The lowest BCUT2D eigenvalue weighted by Gasteiger charge is -2.29. The van der Waals surface area contributed by atoms with E-state index in [0.717, 1.165) is 31.5 Å². The number of nitrogens with zero attached hydrogens (tertiary/aromatic N) is 2. The Kier molecular flexibility index (Phi) is 6.39. The Morgan fingerprint density at radius 1 is 1.24 bits per heavy atom. The number of piperidine rings is 1. The van der Waals surface area contributed by atoms with Crippen LogP contribution in [0.4, 0.5) is 0 Å². The molecular weight excluding hydrogens is 376 g/mol. The van der Waals surface area contributed by atoms with Gasteiger partial charge in [0.25, 0.3) is 0 Å². The van der Waals surface area contributed by atoms with Crippen LogP contribution >= 0.6 is 15.9 Å². The summed E-state index contributed by atoms with van der Waals surface area (Å²) in [6.07, 6.45) is 5.02. The van der Waals surface area contributed by atoms with Crippen molar-refractivity contribution >= 4 is 21.9 Å². The number of rotatable bonds is 6. The van der Waals surface area contributed by atoms with Gasteiger partial charge in [-0.3, -0.25) is 4.99 Å². The van der Waals surface area contributed by atoms with Crippen molar-refractivity contribution in [2.75, 3.05) is 39.8 Å². The molecule has 0 atom stereocenters. The first-order valence-corrected chi connectivity index (χ1v) is 10.4. The van der Waals surface area contributed by atoms with Crippen LogP contribution in [0.25, 0.3) is 0 Å². The molecule has 1 saturated heterocycles. The van der Waals surface area contributed by atoms with Gasteiger partial charge in [0.1, 0.15) is 0 Å². The molecule has 0 radical (unpaired) electrons. The Labute approximate surface area is 160 Å². The van der Waals surface area contributed by atoms with Crippen LogP contribution in [0.2, 0.25) is 0 Å². The molecule has 1 aliphatic heterocycles. The normalized spacial score (nSPS) is 21.2. The number of halogens is 1. The minimum absolute atomic E-state index is 0.232. The molecule has 138 valence electrons. The monoisotopic (exact) mass is 406 g/mol. The second-order valence-corrected chi connectivity index (χ2v) is 8.44. The zero-order valence-corrected chi connectivity index (χ0v) is 17.1. The van der Waals surface area contributed by atoms with Crippen molar-refractivity contribution < 1.29 is 0 Å². The Balaban J connectivity index is 1.58. The summed E-state index contributed by atoms with van der Waals surface area (Å²) in [5, 5.41) is 6.99. The number of guanidine groups is 1. The highest BCUT2D eigenvalue weighted by Crippen LogP contribution is 2.50. The van der Waals surface area contributed by atoms with Gasteiger partial charge in [-0.15, -0.1) is 0 Å². The van der Waals surface area contributed by atoms with Gasteiger partial charge in [0.15, 0.2) is 5.96 Å². The largest absolute Gasteiger partial charge is 0.357 e. The SMILES string of the molecule is CCNC(=NCC1(c2ccccc2Br)CC1)NCC1CCN(C)CC1. The molecule has 2 aliphatic rings. The molecule has 1 saturated carbocycles. The second kappa shape index (κ2) is 8.54. The maximum Gasteiger partial charge on any atom is 0.191 e. The summed E-state index contributed by atoms with van der Waals surface area (Å²) in [4.78, 5) is 7.35. The number of benzene rings is 1. The van der Waals surface area contributed by atoms with Crippen LogP contribution in [-0.2, 0) is 5.41 Å². The van der Waals surface area contributed by atoms with E-state index in [2.05, 4.69) is 69.7 Å². The lowest BCUT2D eigenvalue weighted by atomic mass is 9.96. The molecule has 1 aromatic rings. The van der Waals surface area contributed by atoms with Gasteiger partial charge >= 0.3 is 0 Å². The first-order chi connectivity index (χ1) is 12.1. The Bertz CT molecular complexity index is 589. The molecule has 2 N–H and O–H groups in total.